The van der Waals surface area contributed by atoms with Crippen molar-refractivity contribution in [3.05, 3.63) is 12.2 Å². The molecule has 0 bridgehead atoms. The van der Waals surface area contributed by atoms with E-state index in [1.54, 1.807) is 6.08 Å². The molecule has 4 heteroatoms. The Balaban J connectivity index is 2.58. The number of hydrogen-bond acceptors (Lipinski definition) is 3. The summed E-state index contributed by atoms with van der Waals surface area (Å²) in [5, 5.41) is 2.75. The minimum atomic E-state index is -0.566. The van der Waals surface area contributed by atoms with E-state index in [0.717, 1.165) is 12.8 Å². The molecule has 1 unspecified atom stereocenters. The Morgan fingerprint density at radius 1 is 1.21 bits per heavy atom. The first-order valence-corrected chi connectivity index (χ1v) is 9.42. The van der Waals surface area contributed by atoms with Crippen LogP contribution in [0, 0.1) is 11.8 Å². The van der Waals surface area contributed by atoms with E-state index in [4.69, 9.17) is 4.74 Å². The van der Waals surface area contributed by atoms with Crippen LogP contribution in [0.2, 0.25) is 0 Å². The third-order valence-electron chi connectivity index (χ3n) is 4.67. The van der Waals surface area contributed by atoms with Crippen molar-refractivity contribution in [2.24, 2.45) is 11.8 Å². The van der Waals surface area contributed by atoms with E-state index in [1.807, 2.05) is 40.7 Å². The highest BCUT2D eigenvalue weighted by atomic mass is 16.6. The molecule has 0 saturated heterocycles. The number of rotatable bonds is 7. The Hall–Kier alpha value is -1.32. The van der Waals surface area contributed by atoms with E-state index in [0.29, 0.717) is 5.92 Å². The van der Waals surface area contributed by atoms with Crippen LogP contribution in [0.4, 0.5) is 4.79 Å². The Labute approximate surface area is 147 Å². The van der Waals surface area contributed by atoms with Gasteiger partial charge in [-0.3, -0.25) is 4.79 Å². The zero-order valence-corrected chi connectivity index (χ0v) is 16.1. The average molecular weight is 338 g/mol. The number of ether oxygens (including phenoxy) is 1. The van der Waals surface area contributed by atoms with Crippen LogP contribution in [-0.4, -0.2) is 23.5 Å². The second-order valence-corrected chi connectivity index (χ2v) is 8.05. The predicted octanol–water partition coefficient (Wildman–Crippen LogP) is 5.02. The third-order valence-corrected chi connectivity index (χ3v) is 4.67. The van der Waals surface area contributed by atoms with Crippen LogP contribution in [0.25, 0.3) is 0 Å². The molecule has 0 aromatic rings. The van der Waals surface area contributed by atoms with Gasteiger partial charge < -0.3 is 10.1 Å². The van der Waals surface area contributed by atoms with E-state index in [2.05, 4.69) is 5.32 Å². The molecule has 4 nitrogen and oxygen atoms in total. The zero-order chi connectivity index (χ0) is 18.2. The molecule has 0 spiro atoms. The van der Waals surface area contributed by atoms with Gasteiger partial charge in [0.2, 0.25) is 0 Å². The van der Waals surface area contributed by atoms with Crippen LogP contribution in [0.1, 0.15) is 79.6 Å². The summed E-state index contributed by atoms with van der Waals surface area (Å²) >= 11 is 0. The molecule has 1 saturated carbocycles. The lowest BCUT2D eigenvalue weighted by Crippen LogP contribution is -2.46. The van der Waals surface area contributed by atoms with Gasteiger partial charge in [0.25, 0.3) is 0 Å². The fourth-order valence-corrected chi connectivity index (χ4v) is 3.07. The molecule has 1 fully saturated rings. The molecule has 0 aromatic heterocycles. The summed E-state index contributed by atoms with van der Waals surface area (Å²) < 4.78 is 5.29. The van der Waals surface area contributed by atoms with Crippen molar-refractivity contribution in [1.29, 1.82) is 0 Å². The van der Waals surface area contributed by atoms with Gasteiger partial charge >= 0.3 is 6.09 Å². The second kappa shape index (κ2) is 9.85. The Morgan fingerprint density at radius 3 is 2.38 bits per heavy atom. The normalized spacial score (nSPS) is 19.0. The second-order valence-electron chi connectivity index (χ2n) is 8.05. The van der Waals surface area contributed by atoms with Gasteiger partial charge in [-0.2, -0.15) is 0 Å². The molecule has 2 atom stereocenters. The average Bonchev–Trinajstić information content (AvgIpc) is 2.51. The molecule has 138 valence electrons. The van der Waals surface area contributed by atoms with Gasteiger partial charge in [0.1, 0.15) is 5.60 Å². The quantitative estimate of drug-likeness (QED) is 0.663. The van der Waals surface area contributed by atoms with Gasteiger partial charge in [-0.25, -0.2) is 4.79 Å². The van der Waals surface area contributed by atoms with Crippen molar-refractivity contribution in [2.75, 3.05) is 0 Å². The van der Waals surface area contributed by atoms with E-state index >= 15 is 0 Å². The standard InChI is InChI=1S/C20H35NO3/c1-6-15(2)18(21-19(23)24-20(3,4)5)17(22)14-10-13-16-11-8-7-9-12-16/h10,14-16,18H,6-9,11-13H2,1-5H3,(H,21,23)/b14-10+/t15?,18-/m0/s1. The van der Waals surface area contributed by atoms with Crippen LogP contribution in [0.3, 0.4) is 0 Å². The molecular weight excluding hydrogens is 302 g/mol. The first kappa shape index (κ1) is 20.7. The molecule has 1 aliphatic rings. The summed E-state index contributed by atoms with van der Waals surface area (Å²) in [6.45, 7) is 9.45. The van der Waals surface area contributed by atoms with E-state index in [9.17, 15) is 9.59 Å². The Morgan fingerprint density at radius 2 is 1.83 bits per heavy atom. The lowest BCUT2D eigenvalue weighted by molar-refractivity contribution is -0.117. The first-order valence-electron chi connectivity index (χ1n) is 9.42. The van der Waals surface area contributed by atoms with Gasteiger partial charge in [-0.15, -0.1) is 0 Å². The summed E-state index contributed by atoms with van der Waals surface area (Å²) in [5.74, 6) is 0.749. The molecule has 0 radical (unpaired) electrons. The van der Waals surface area contributed by atoms with Crippen LogP contribution in [0.15, 0.2) is 12.2 Å². The summed E-state index contributed by atoms with van der Waals surface area (Å²) in [7, 11) is 0. The van der Waals surface area contributed by atoms with Gasteiger partial charge in [-0.1, -0.05) is 58.4 Å². The van der Waals surface area contributed by atoms with Crippen LogP contribution < -0.4 is 5.32 Å². The minimum Gasteiger partial charge on any atom is -0.444 e. The summed E-state index contributed by atoms with van der Waals surface area (Å²) in [6, 6.07) is -0.521. The molecule has 0 heterocycles. The molecule has 1 aliphatic carbocycles. The molecule has 1 amide bonds. The van der Waals surface area contributed by atoms with Crippen molar-refractivity contribution in [3.63, 3.8) is 0 Å². The topological polar surface area (TPSA) is 55.4 Å². The molecule has 1 rings (SSSR count). The third kappa shape index (κ3) is 7.98. The highest BCUT2D eigenvalue weighted by Crippen LogP contribution is 2.26. The lowest BCUT2D eigenvalue weighted by atomic mass is 9.86. The molecule has 24 heavy (non-hydrogen) atoms. The zero-order valence-electron chi connectivity index (χ0n) is 16.1. The summed E-state index contributed by atoms with van der Waals surface area (Å²) in [4.78, 5) is 24.5. The fraction of sp³-hybridized carbons (Fsp3) is 0.800. The number of ketones is 1. The van der Waals surface area contributed by atoms with E-state index in [1.165, 1.54) is 32.1 Å². The predicted molar refractivity (Wildman–Crippen MR) is 98.0 cm³/mol. The lowest BCUT2D eigenvalue weighted by Gasteiger charge is -2.25. The number of allylic oxidation sites excluding steroid dienone is 1. The van der Waals surface area contributed by atoms with Crippen molar-refractivity contribution in [2.45, 2.75) is 91.2 Å². The number of nitrogens with one attached hydrogen (secondary N) is 1. The van der Waals surface area contributed by atoms with E-state index < -0.39 is 17.7 Å². The summed E-state index contributed by atoms with van der Waals surface area (Å²) in [6.07, 6.45) is 11.4. The number of alkyl carbamates (subject to hydrolysis) is 1. The maximum absolute atomic E-state index is 12.5. The SMILES string of the molecule is CCC(C)[C@H](NC(=O)OC(C)(C)C)C(=O)/C=C/CC1CCCCC1. The molecule has 0 aromatic carbocycles. The van der Waals surface area contributed by atoms with Gasteiger partial charge in [0.05, 0.1) is 6.04 Å². The molecule has 1 N–H and O–H groups in total. The maximum atomic E-state index is 12.5. The van der Waals surface area contributed by atoms with Crippen molar-refractivity contribution in [3.8, 4) is 0 Å². The number of carbonyl (C=O) groups excluding carboxylic acids is 2. The fourth-order valence-electron chi connectivity index (χ4n) is 3.07. The van der Waals surface area contributed by atoms with Crippen molar-refractivity contribution >= 4 is 11.9 Å². The number of hydrogen-bond donors (Lipinski definition) is 1. The smallest absolute Gasteiger partial charge is 0.408 e. The van der Waals surface area contributed by atoms with Gasteiger partial charge in [0.15, 0.2) is 5.78 Å². The van der Waals surface area contributed by atoms with Crippen LogP contribution in [-0.2, 0) is 9.53 Å². The van der Waals surface area contributed by atoms with E-state index in [-0.39, 0.29) is 11.7 Å². The van der Waals surface area contributed by atoms with Crippen LogP contribution in [0.5, 0.6) is 0 Å². The largest absolute Gasteiger partial charge is 0.444 e. The number of carbonyl (C=O) groups is 2. The van der Waals surface area contributed by atoms with Crippen LogP contribution >= 0.6 is 0 Å². The molecular formula is C20H35NO3. The summed E-state index contributed by atoms with van der Waals surface area (Å²) in [5.41, 5.74) is -0.566. The van der Waals surface area contributed by atoms with Crippen molar-refractivity contribution < 1.29 is 14.3 Å². The molecule has 0 aliphatic heterocycles. The monoisotopic (exact) mass is 337 g/mol. The Kier molecular flexibility index (Phi) is 8.51. The first-order chi connectivity index (χ1) is 11.2. The van der Waals surface area contributed by atoms with Crippen molar-refractivity contribution in [1.82, 2.24) is 5.32 Å². The number of amides is 1. The minimum absolute atomic E-state index is 0.0361. The Bertz CT molecular complexity index is 431. The van der Waals surface area contributed by atoms with Gasteiger partial charge in [0, 0.05) is 0 Å². The van der Waals surface area contributed by atoms with Gasteiger partial charge in [-0.05, 0) is 45.1 Å². The highest BCUT2D eigenvalue weighted by molar-refractivity contribution is 5.96. The maximum Gasteiger partial charge on any atom is 0.408 e. The highest BCUT2D eigenvalue weighted by Gasteiger charge is 2.26.